The van der Waals surface area contributed by atoms with Crippen molar-refractivity contribution in [3.05, 3.63) is 28.5 Å². The molecule has 0 radical (unpaired) electrons. The highest BCUT2D eigenvalue weighted by atomic mass is 79.9. The van der Waals surface area contributed by atoms with Crippen LogP contribution < -0.4 is 5.32 Å². The number of hydrogen-bond donors (Lipinski definition) is 1. The average Bonchev–Trinajstić information content (AvgIpc) is 2.51. The molecule has 1 aliphatic heterocycles. The van der Waals surface area contributed by atoms with Gasteiger partial charge in [0, 0.05) is 23.6 Å². The van der Waals surface area contributed by atoms with Crippen molar-refractivity contribution >= 4 is 32.0 Å². The summed E-state index contributed by atoms with van der Waals surface area (Å²) in [6.07, 6.45) is 1.66. The van der Waals surface area contributed by atoms with Crippen LogP contribution in [-0.2, 0) is 14.8 Å². The molecule has 26 heavy (non-hydrogen) atoms. The first-order valence-corrected chi connectivity index (χ1v) is 10.7. The predicted octanol–water partition coefficient (Wildman–Crippen LogP) is 3.66. The third kappa shape index (κ3) is 5.40. The lowest BCUT2D eigenvalue weighted by Gasteiger charge is -2.35. The van der Waals surface area contributed by atoms with Crippen LogP contribution in [0.4, 0.5) is 9.18 Å². The number of piperidine rings is 1. The number of rotatable bonds is 4. The summed E-state index contributed by atoms with van der Waals surface area (Å²) in [7, 11) is -3.81. The van der Waals surface area contributed by atoms with E-state index in [2.05, 4.69) is 21.2 Å². The van der Waals surface area contributed by atoms with Crippen molar-refractivity contribution in [1.82, 2.24) is 9.62 Å². The molecular formula is C17H24BrFN2O4S. The van der Waals surface area contributed by atoms with Gasteiger partial charge in [0.25, 0.3) is 0 Å². The molecule has 2 rings (SSSR count). The van der Waals surface area contributed by atoms with Gasteiger partial charge < -0.3 is 10.1 Å². The van der Waals surface area contributed by atoms with Crippen molar-refractivity contribution in [3.8, 4) is 0 Å². The van der Waals surface area contributed by atoms with Gasteiger partial charge in [-0.15, -0.1) is 0 Å². The minimum atomic E-state index is -3.81. The number of halogens is 2. The lowest BCUT2D eigenvalue weighted by atomic mass is 10.1. The number of hydrogen-bond acceptors (Lipinski definition) is 4. The van der Waals surface area contributed by atoms with Crippen LogP contribution in [-0.4, -0.2) is 43.5 Å². The molecule has 0 bridgehead atoms. The van der Waals surface area contributed by atoms with E-state index in [1.165, 1.54) is 10.4 Å². The number of nitrogens with zero attached hydrogens (tertiary/aromatic N) is 1. The fourth-order valence-corrected chi connectivity index (χ4v) is 5.52. The zero-order chi connectivity index (χ0) is 19.5. The molecule has 1 atom stereocenters. The van der Waals surface area contributed by atoms with Crippen molar-refractivity contribution in [2.45, 2.75) is 56.6 Å². The molecule has 6 nitrogen and oxygen atoms in total. The van der Waals surface area contributed by atoms with Crippen molar-refractivity contribution in [2.75, 3.05) is 13.1 Å². The number of carbonyl (C=O) groups is 1. The minimum absolute atomic E-state index is 0.0167. The molecule has 1 saturated heterocycles. The molecular weight excluding hydrogens is 427 g/mol. The van der Waals surface area contributed by atoms with Gasteiger partial charge in [0.15, 0.2) is 0 Å². The second-order valence-corrected chi connectivity index (χ2v) is 9.94. The molecule has 0 saturated carbocycles. The van der Waals surface area contributed by atoms with E-state index in [0.717, 1.165) is 25.0 Å². The van der Waals surface area contributed by atoms with E-state index in [9.17, 15) is 17.6 Å². The minimum Gasteiger partial charge on any atom is -0.444 e. The van der Waals surface area contributed by atoms with Gasteiger partial charge in [-0.05, 0) is 67.7 Å². The fraction of sp³-hybridized carbons (Fsp3) is 0.588. The number of benzene rings is 1. The van der Waals surface area contributed by atoms with Crippen LogP contribution in [0.1, 0.15) is 40.0 Å². The second kappa shape index (κ2) is 8.22. The summed E-state index contributed by atoms with van der Waals surface area (Å²) in [5, 5.41) is 2.65. The van der Waals surface area contributed by atoms with E-state index in [1.54, 1.807) is 20.8 Å². The summed E-state index contributed by atoms with van der Waals surface area (Å²) in [6.45, 7) is 5.79. The highest BCUT2D eigenvalue weighted by molar-refractivity contribution is 9.10. The van der Waals surface area contributed by atoms with Gasteiger partial charge in [-0.1, -0.05) is 6.42 Å². The first kappa shape index (κ1) is 21.1. The lowest BCUT2D eigenvalue weighted by Crippen LogP contribution is -2.49. The van der Waals surface area contributed by atoms with E-state index in [4.69, 9.17) is 4.74 Å². The topological polar surface area (TPSA) is 75.7 Å². The number of amides is 1. The maximum atomic E-state index is 13.3. The number of nitrogens with one attached hydrogen (secondary N) is 1. The van der Waals surface area contributed by atoms with E-state index in [-0.39, 0.29) is 22.0 Å². The highest BCUT2D eigenvalue weighted by Gasteiger charge is 2.35. The van der Waals surface area contributed by atoms with E-state index >= 15 is 0 Å². The van der Waals surface area contributed by atoms with Crippen molar-refractivity contribution in [2.24, 2.45) is 0 Å². The first-order valence-electron chi connectivity index (χ1n) is 8.44. The third-order valence-corrected chi connectivity index (χ3v) is 6.86. The molecule has 1 heterocycles. The highest BCUT2D eigenvalue weighted by Crippen LogP contribution is 2.30. The Morgan fingerprint density at radius 1 is 1.38 bits per heavy atom. The van der Waals surface area contributed by atoms with Gasteiger partial charge in [0.1, 0.15) is 11.4 Å². The van der Waals surface area contributed by atoms with Crippen LogP contribution in [0, 0.1) is 5.82 Å². The zero-order valence-electron chi connectivity index (χ0n) is 15.1. The number of ether oxygens (including phenoxy) is 1. The maximum absolute atomic E-state index is 13.3. The van der Waals surface area contributed by atoms with Crippen LogP contribution >= 0.6 is 15.9 Å². The number of sulfonamides is 1. The largest absolute Gasteiger partial charge is 0.444 e. The van der Waals surface area contributed by atoms with Crippen LogP contribution in [0.25, 0.3) is 0 Å². The number of carbonyl (C=O) groups excluding carboxylic acids is 1. The van der Waals surface area contributed by atoms with Crippen LogP contribution in [0.2, 0.25) is 0 Å². The second-order valence-electron chi connectivity index (χ2n) is 7.22. The predicted molar refractivity (Wildman–Crippen MR) is 99.9 cm³/mol. The molecule has 1 aromatic rings. The summed E-state index contributed by atoms with van der Waals surface area (Å²) in [5.74, 6) is -0.516. The number of alkyl carbamates (subject to hydrolysis) is 1. The molecule has 0 aromatic heterocycles. The Morgan fingerprint density at radius 2 is 2.08 bits per heavy atom. The van der Waals surface area contributed by atoms with Gasteiger partial charge in [-0.2, -0.15) is 4.31 Å². The van der Waals surface area contributed by atoms with Crippen LogP contribution in [0.15, 0.2) is 27.6 Å². The molecule has 1 N–H and O–H groups in total. The molecule has 0 spiro atoms. The normalized spacial score (nSPS) is 19.2. The zero-order valence-corrected chi connectivity index (χ0v) is 17.5. The van der Waals surface area contributed by atoms with Gasteiger partial charge in [0.05, 0.1) is 4.90 Å². The standard InChI is InChI=1S/C17H24BrFN2O4S/c1-17(2,3)25-16(22)20-11-13-6-4-5-9-21(13)26(23,24)15-8-7-12(19)10-14(15)18/h7-8,10,13H,4-6,9,11H2,1-3H3,(H,20,22). The smallest absolute Gasteiger partial charge is 0.407 e. The summed E-state index contributed by atoms with van der Waals surface area (Å²) >= 11 is 3.13. The summed E-state index contributed by atoms with van der Waals surface area (Å²) in [4.78, 5) is 11.9. The van der Waals surface area contributed by atoms with Gasteiger partial charge in [-0.3, -0.25) is 0 Å². The Bertz CT molecular complexity index is 765. The first-order chi connectivity index (χ1) is 12.0. The molecule has 1 unspecified atom stereocenters. The van der Waals surface area contributed by atoms with Crippen LogP contribution in [0.5, 0.6) is 0 Å². The SMILES string of the molecule is CC(C)(C)OC(=O)NCC1CCCCN1S(=O)(=O)c1ccc(F)cc1Br. The molecule has 0 aliphatic carbocycles. The van der Waals surface area contributed by atoms with E-state index in [1.807, 2.05) is 0 Å². The van der Waals surface area contributed by atoms with Gasteiger partial charge in [0.2, 0.25) is 10.0 Å². The lowest BCUT2D eigenvalue weighted by molar-refractivity contribution is 0.0512. The molecule has 1 amide bonds. The molecule has 1 fully saturated rings. The monoisotopic (exact) mass is 450 g/mol. The van der Waals surface area contributed by atoms with Gasteiger partial charge >= 0.3 is 6.09 Å². The molecule has 1 aromatic carbocycles. The molecule has 9 heteroatoms. The maximum Gasteiger partial charge on any atom is 0.407 e. The van der Waals surface area contributed by atoms with Crippen LogP contribution in [0.3, 0.4) is 0 Å². The summed E-state index contributed by atoms with van der Waals surface area (Å²) in [5.41, 5.74) is -0.624. The Kier molecular flexibility index (Phi) is 6.68. The Hall–Kier alpha value is -1.19. The fourth-order valence-electron chi connectivity index (χ4n) is 2.82. The third-order valence-electron chi connectivity index (χ3n) is 3.93. The molecule has 146 valence electrons. The van der Waals surface area contributed by atoms with Crippen molar-refractivity contribution in [1.29, 1.82) is 0 Å². The van der Waals surface area contributed by atoms with E-state index in [0.29, 0.717) is 13.0 Å². The van der Waals surface area contributed by atoms with Gasteiger partial charge in [-0.25, -0.2) is 17.6 Å². The Morgan fingerprint density at radius 3 is 2.69 bits per heavy atom. The Balaban J connectivity index is 2.16. The average molecular weight is 451 g/mol. The summed E-state index contributed by atoms with van der Waals surface area (Å²) < 4.78 is 46.1. The van der Waals surface area contributed by atoms with Crippen molar-refractivity contribution < 1.29 is 22.3 Å². The summed E-state index contributed by atoms with van der Waals surface area (Å²) in [6, 6.07) is 3.13. The molecule has 1 aliphatic rings. The van der Waals surface area contributed by atoms with Crippen molar-refractivity contribution in [3.63, 3.8) is 0 Å². The quantitative estimate of drug-likeness (QED) is 0.759. The van der Waals surface area contributed by atoms with E-state index < -0.39 is 27.5 Å². The Labute approximate surface area is 162 Å².